The van der Waals surface area contributed by atoms with E-state index in [2.05, 4.69) is 22.0 Å². The monoisotopic (exact) mass is 562 g/mol. The minimum Gasteiger partial charge on any atom is -0.371 e. The summed E-state index contributed by atoms with van der Waals surface area (Å²) >= 11 is 6.33. The molecule has 210 valence electrons. The summed E-state index contributed by atoms with van der Waals surface area (Å²) in [6.45, 7) is 7.54. The van der Waals surface area contributed by atoms with Crippen molar-refractivity contribution < 1.29 is 14.0 Å². The average molecular weight is 563 g/mol. The van der Waals surface area contributed by atoms with Crippen molar-refractivity contribution in [2.45, 2.75) is 58.5 Å². The molecule has 1 fully saturated rings. The fourth-order valence-electron chi connectivity index (χ4n) is 6.16. The zero-order chi connectivity index (χ0) is 28.7. The lowest BCUT2D eigenvalue weighted by atomic mass is 9.99. The number of halogens is 2. The molecule has 6 nitrogen and oxygen atoms in total. The molecule has 2 aromatic carbocycles. The molecule has 0 bridgehead atoms. The van der Waals surface area contributed by atoms with Crippen LogP contribution < -0.4 is 4.90 Å². The van der Waals surface area contributed by atoms with E-state index in [1.807, 2.05) is 44.0 Å². The molecule has 1 aliphatic heterocycles. The number of nitrogens with zero attached hydrogens (tertiary/aromatic N) is 4. The lowest BCUT2D eigenvalue weighted by Crippen LogP contribution is -2.45. The van der Waals surface area contributed by atoms with E-state index in [-0.39, 0.29) is 28.6 Å². The number of piperidine rings is 1. The molecule has 0 N–H and O–H groups in total. The second kappa shape index (κ2) is 11.2. The van der Waals surface area contributed by atoms with Gasteiger partial charge in [0.1, 0.15) is 5.82 Å². The number of pyridine rings is 1. The number of benzene rings is 2. The van der Waals surface area contributed by atoms with Gasteiger partial charge >= 0.3 is 0 Å². The Bertz CT molecular complexity index is 1450. The molecule has 1 aromatic heterocycles. The van der Waals surface area contributed by atoms with Crippen molar-refractivity contribution in [3.8, 4) is 0 Å². The van der Waals surface area contributed by atoms with E-state index in [0.29, 0.717) is 17.5 Å². The van der Waals surface area contributed by atoms with Gasteiger partial charge in [-0.25, -0.2) is 4.39 Å². The molecular formula is C32H36ClFN4O2. The molecular weight excluding hydrogens is 527 g/mol. The Morgan fingerprint density at radius 3 is 2.27 bits per heavy atom. The number of anilines is 1. The third-order valence-corrected chi connectivity index (χ3v) is 8.98. The maximum atomic E-state index is 14.6. The Hall–Kier alpha value is -3.45. The second-order valence-corrected chi connectivity index (χ2v) is 11.6. The van der Waals surface area contributed by atoms with Crippen molar-refractivity contribution in [2.24, 2.45) is 0 Å². The van der Waals surface area contributed by atoms with Gasteiger partial charge < -0.3 is 14.7 Å². The predicted molar refractivity (Wildman–Crippen MR) is 157 cm³/mol. The van der Waals surface area contributed by atoms with E-state index in [1.165, 1.54) is 11.8 Å². The highest BCUT2D eigenvalue weighted by Gasteiger charge is 2.33. The zero-order valence-electron chi connectivity index (χ0n) is 23.8. The first-order valence-electron chi connectivity index (χ1n) is 13.9. The van der Waals surface area contributed by atoms with E-state index in [4.69, 9.17) is 11.6 Å². The maximum Gasteiger partial charge on any atom is 0.258 e. The van der Waals surface area contributed by atoms with Crippen molar-refractivity contribution in [3.63, 3.8) is 0 Å². The van der Waals surface area contributed by atoms with E-state index < -0.39 is 11.7 Å². The Kier molecular flexibility index (Phi) is 7.87. The van der Waals surface area contributed by atoms with Gasteiger partial charge in [-0.05, 0) is 93.5 Å². The number of hydrogen-bond donors (Lipinski definition) is 0. The van der Waals surface area contributed by atoms with Gasteiger partial charge in [0, 0.05) is 55.9 Å². The van der Waals surface area contributed by atoms with Gasteiger partial charge in [-0.1, -0.05) is 23.7 Å². The molecule has 2 heterocycles. The fraction of sp³-hybridized carbons (Fsp3) is 0.406. The lowest BCUT2D eigenvalue weighted by Gasteiger charge is -2.38. The smallest absolute Gasteiger partial charge is 0.258 e. The normalized spacial score (nSPS) is 17.1. The van der Waals surface area contributed by atoms with Crippen LogP contribution in [0.15, 0.2) is 42.5 Å². The van der Waals surface area contributed by atoms with E-state index >= 15 is 0 Å². The summed E-state index contributed by atoms with van der Waals surface area (Å²) in [6, 6.07) is 12.8. The summed E-state index contributed by atoms with van der Waals surface area (Å²) in [5, 5.41) is 0.140. The number of hydrogen-bond acceptors (Lipinski definition) is 4. The van der Waals surface area contributed by atoms with E-state index in [9.17, 15) is 14.0 Å². The van der Waals surface area contributed by atoms with Gasteiger partial charge in [-0.3, -0.25) is 14.6 Å². The highest BCUT2D eigenvalue weighted by molar-refractivity contribution is 6.34. The lowest BCUT2D eigenvalue weighted by molar-refractivity contribution is 0.0709. The Balaban J connectivity index is 1.29. The minimum atomic E-state index is -0.628. The zero-order valence-corrected chi connectivity index (χ0v) is 24.6. The van der Waals surface area contributed by atoms with Crippen LogP contribution in [-0.2, 0) is 6.42 Å². The van der Waals surface area contributed by atoms with Crippen LogP contribution in [0.1, 0.15) is 74.1 Å². The molecule has 1 unspecified atom stereocenters. The van der Waals surface area contributed by atoms with Crippen LogP contribution in [-0.4, -0.2) is 59.8 Å². The summed E-state index contributed by atoms with van der Waals surface area (Å²) in [5.74, 6) is -1.11. The van der Waals surface area contributed by atoms with Gasteiger partial charge in [-0.15, -0.1) is 0 Å². The first-order chi connectivity index (χ1) is 19.0. The Morgan fingerprint density at radius 2 is 1.60 bits per heavy atom. The van der Waals surface area contributed by atoms with Gasteiger partial charge in [-0.2, -0.15) is 0 Å². The highest BCUT2D eigenvalue weighted by atomic mass is 35.5. The molecule has 8 heteroatoms. The maximum absolute atomic E-state index is 14.6. The number of carbonyl (C=O) groups excluding carboxylic acids is 2. The third-order valence-electron chi connectivity index (χ3n) is 8.49. The van der Waals surface area contributed by atoms with Gasteiger partial charge in [0.15, 0.2) is 0 Å². The summed E-state index contributed by atoms with van der Waals surface area (Å²) < 4.78 is 14.6. The van der Waals surface area contributed by atoms with Crippen molar-refractivity contribution in [1.82, 2.24) is 14.8 Å². The number of rotatable bonds is 5. The summed E-state index contributed by atoms with van der Waals surface area (Å²) in [7, 11) is 3.56. The molecule has 1 saturated heterocycles. The molecule has 5 rings (SSSR count). The SMILES string of the molecule is Cc1cc(N2CCC(N(C)C(=O)c3ccc4c(c3)C(N(C)C(=O)c3c(F)ccc(C)c3Cl)CC4)CC2)cc(C)n1. The van der Waals surface area contributed by atoms with Crippen LogP contribution in [0.5, 0.6) is 0 Å². The molecule has 0 saturated carbocycles. The number of aryl methyl sites for hydroxylation is 4. The van der Waals surface area contributed by atoms with Crippen LogP contribution in [0.25, 0.3) is 0 Å². The standard InChI is InChI=1S/C32H36ClFN4O2/c1-19-6-10-27(34)29(30(19)33)32(40)37(5)28-11-9-22-7-8-23(18-26(22)28)31(39)36(4)24-12-14-38(15-13-24)25-16-20(2)35-21(3)17-25/h6-8,10,16-18,24,28H,9,11-15H2,1-5H3. The number of carbonyl (C=O) groups is 2. The van der Waals surface area contributed by atoms with Gasteiger partial charge in [0.25, 0.3) is 11.8 Å². The third kappa shape index (κ3) is 5.31. The van der Waals surface area contributed by atoms with Gasteiger partial charge in [0.05, 0.1) is 16.6 Å². The van der Waals surface area contributed by atoms with Gasteiger partial charge in [0.2, 0.25) is 0 Å². The van der Waals surface area contributed by atoms with Crippen LogP contribution in [0, 0.1) is 26.6 Å². The number of aromatic nitrogens is 1. The molecule has 2 aliphatic rings. The molecule has 1 aliphatic carbocycles. The first-order valence-corrected chi connectivity index (χ1v) is 14.2. The highest BCUT2D eigenvalue weighted by Crippen LogP contribution is 2.38. The quantitative estimate of drug-likeness (QED) is 0.366. The van der Waals surface area contributed by atoms with Crippen LogP contribution in [0.3, 0.4) is 0 Å². The topological polar surface area (TPSA) is 56.8 Å². The first kappa shape index (κ1) is 28.1. The summed E-state index contributed by atoms with van der Waals surface area (Å²) in [6.07, 6.45) is 3.27. The number of fused-ring (bicyclic) bond motifs is 1. The predicted octanol–water partition coefficient (Wildman–Crippen LogP) is 6.30. The second-order valence-electron chi connectivity index (χ2n) is 11.2. The summed E-state index contributed by atoms with van der Waals surface area (Å²) in [4.78, 5) is 37.2. The molecule has 2 amide bonds. The molecule has 0 spiro atoms. The fourth-order valence-corrected chi connectivity index (χ4v) is 6.40. The molecule has 3 aromatic rings. The van der Waals surface area contributed by atoms with E-state index in [1.54, 1.807) is 24.9 Å². The number of amides is 2. The van der Waals surface area contributed by atoms with Crippen molar-refractivity contribution in [1.29, 1.82) is 0 Å². The van der Waals surface area contributed by atoms with Crippen LogP contribution >= 0.6 is 11.6 Å². The van der Waals surface area contributed by atoms with E-state index in [0.717, 1.165) is 54.9 Å². The molecule has 0 radical (unpaired) electrons. The van der Waals surface area contributed by atoms with Crippen LogP contribution in [0.2, 0.25) is 5.02 Å². The Morgan fingerprint density at radius 1 is 0.925 bits per heavy atom. The minimum absolute atomic E-state index is 0.0238. The summed E-state index contributed by atoms with van der Waals surface area (Å²) in [5.41, 5.74) is 6.42. The van der Waals surface area contributed by atoms with Crippen molar-refractivity contribution in [3.05, 3.63) is 92.5 Å². The van der Waals surface area contributed by atoms with Crippen molar-refractivity contribution in [2.75, 3.05) is 32.1 Å². The van der Waals surface area contributed by atoms with Crippen LogP contribution in [0.4, 0.5) is 10.1 Å². The Labute approximate surface area is 240 Å². The average Bonchev–Trinajstić information content (AvgIpc) is 3.37. The molecule has 40 heavy (non-hydrogen) atoms. The molecule has 1 atom stereocenters. The van der Waals surface area contributed by atoms with Crippen molar-refractivity contribution >= 4 is 29.1 Å². The largest absolute Gasteiger partial charge is 0.371 e.